The van der Waals surface area contributed by atoms with Crippen molar-refractivity contribution >= 4 is 17.0 Å². The topological polar surface area (TPSA) is 66.0 Å². The summed E-state index contributed by atoms with van der Waals surface area (Å²) in [5.74, 6) is 0.827. The number of hydrogen-bond donors (Lipinski definition) is 2. The number of benzene rings is 1. The van der Waals surface area contributed by atoms with Crippen LogP contribution in [-0.2, 0) is 6.42 Å². The lowest BCUT2D eigenvalue weighted by molar-refractivity contribution is 0.0697. The number of nitrogens with one attached hydrogen (secondary N) is 1. The van der Waals surface area contributed by atoms with E-state index >= 15 is 0 Å². The van der Waals surface area contributed by atoms with Gasteiger partial charge in [0.15, 0.2) is 0 Å². The van der Waals surface area contributed by atoms with Crippen molar-refractivity contribution in [2.45, 2.75) is 32.1 Å². The van der Waals surface area contributed by atoms with E-state index in [0.29, 0.717) is 5.56 Å². The van der Waals surface area contributed by atoms with Crippen LogP contribution in [0.25, 0.3) is 11.0 Å². The number of nitrogens with zero attached hydrogens (tertiary/aromatic N) is 1. The molecule has 94 valence electrons. The van der Waals surface area contributed by atoms with Crippen LogP contribution in [0, 0.1) is 5.92 Å². The van der Waals surface area contributed by atoms with E-state index in [2.05, 4.69) is 9.97 Å². The molecule has 0 saturated heterocycles. The lowest BCUT2D eigenvalue weighted by Gasteiger charge is -2.04. The highest BCUT2D eigenvalue weighted by atomic mass is 16.4. The van der Waals surface area contributed by atoms with Gasteiger partial charge in [-0.2, -0.15) is 0 Å². The molecule has 0 bridgehead atoms. The minimum Gasteiger partial charge on any atom is -0.478 e. The average molecular weight is 244 g/mol. The number of aromatic carboxylic acids is 1. The molecule has 2 aromatic rings. The number of H-pyrrole nitrogens is 1. The number of aromatic nitrogens is 2. The lowest BCUT2D eigenvalue weighted by atomic mass is 10.0. The normalized spacial score (nSPS) is 16.4. The molecule has 0 atom stereocenters. The third-order valence-corrected chi connectivity index (χ3v) is 3.73. The van der Waals surface area contributed by atoms with Gasteiger partial charge in [0.05, 0.1) is 16.6 Å². The van der Waals surface area contributed by atoms with Gasteiger partial charge in [0, 0.05) is 6.42 Å². The van der Waals surface area contributed by atoms with E-state index in [1.54, 1.807) is 18.2 Å². The number of imidazole rings is 1. The first kappa shape index (κ1) is 11.3. The molecule has 0 unspecified atom stereocenters. The maximum atomic E-state index is 10.9. The van der Waals surface area contributed by atoms with Crippen molar-refractivity contribution in [3.05, 3.63) is 29.6 Å². The van der Waals surface area contributed by atoms with Crippen LogP contribution in [0.2, 0.25) is 0 Å². The number of carboxylic acids is 1. The summed E-state index contributed by atoms with van der Waals surface area (Å²) in [5.41, 5.74) is 1.98. The first-order chi connectivity index (χ1) is 8.72. The van der Waals surface area contributed by atoms with Crippen LogP contribution in [0.5, 0.6) is 0 Å². The van der Waals surface area contributed by atoms with Crippen molar-refractivity contribution in [2.24, 2.45) is 5.92 Å². The predicted molar refractivity (Wildman–Crippen MR) is 68.7 cm³/mol. The van der Waals surface area contributed by atoms with Gasteiger partial charge in [-0.05, 0) is 24.1 Å². The number of rotatable bonds is 3. The molecular formula is C14H16N2O2. The summed E-state index contributed by atoms with van der Waals surface area (Å²) in [5, 5.41) is 8.95. The molecule has 1 fully saturated rings. The van der Waals surface area contributed by atoms with E-state index in [0.717, 1.165) is 29.2 Å². The zero-order chi connectivity index (χ0) is 12.5. The van der Waals surface area contributed by atoms with Gasteiger partial charge in [-0.1, -0.05) is 25.7 Å². The molecule has 0 spiro atoms. The Labute approximate surface area is 105 Å². The minimum atomic E-state index is -0.899. The average Bonchev–Trinajstić information content (AvgIpc) is 2.96. The Morgan fingerprint density at radius 2 is 2.17 bits per heavy atom. The fourth-order valence-electron chi connectivity index (χ4n) is 2.78. The Morgan fingerprint density at radius 3 is 2.89 bits per heavy atom. The van der Waals surface area contributed by atoms with Gasteiger partial charge < -0.3 is 10.1 Å². The van der Waals surface area contributed by atoms with E-state index in [1.165, 1.54) is 25.7 Å². The summed E-state index contributed by atoms with van der Waals surface area (Å²) in [7, 11) is 0. The second-order valence-electron chi connectivity index (χ2n) is 5.08. The fraction of sp³-hybridized carbons (Fsp3) is 0.429. The molecule has 0 aliphatic heterocycles. The van der Waals surface area contributed by atoms with Gasteiger partial charge in [-0.25, -0.2) is 9.78 Å². The van der Waals surface area contributed by atoms with Gasteiger partial charge in [0.1, 0.15) is 5.82 Å². The van der Waals surface area contributed by atoms with Crippen LogP contribution in [0.1, 0.15) is 41.9 Å². The van der Waals surface area contributed by atoms with Crippen LogP contribution in [-0.4, -0.2) is 21.0 Å². The molecule has 4 nitrogen and oxygen atoms in total. The number of aromatic amines is 1. The van der Waals surface area contributed by atoms with Gasteiger partial charge in [0.2, 0.25) is 0 Å². The van der Waals surface area contributed by atoms with Crippen molar-refractivity contribution < 1.29 is 9.90 Å². The summed E-state index contributed by atoms with van der Waals surface area (Å²) in [6.45, 7) is 0. The van der Waals surface area contributed by atoms with E-state index in [1.807, 2.05) is 0 Å². The van der Waals surface area contributed by atoms with Crippen molar-refractivity contribution in [1.29, 1.82) is 0 Å². The Kier molecular flexibility index (Phi) is 2.78. The maximum Gasteiger partial charge on any atom is 0.335 e. The number of hydrogen-bond acceptors (Lipinski definition) is 2. The fourth-order valence-corrected chi connectivity index (χ4v) is 2.78. The summed E-state index contributed by atoms with van der Waals surface area (Å²) >= 11 is 0. The Bertz CT molecular complexity index is 582. The smallest absolute Gasteiger partial charge is 0.335 e. The number of fused-ring (bicyclic) bond motifs is 1. The summed E-state index contributed by atoms with van der Waals surface area (Å²) < 4.78 is 0. The minimum absolute atomic E-state index is 0.304. The highest BCUT2D eigenvalue weighted by Crippen LogP contribution is 2.27. The first-order valence-corrected chi connectivity index (χ1v) is 6.44. The molecule has 0 radical (unpaired) electrons. The first-order valence-electron chi connectivity index (χ1n) is 6.44. The SMILES string of the molecule is O=C(O)c1ccc2nc(CC3CCCC3)[nH]c2c1. The third kappa shape index (κ3) is 2.10. The standard InChI is InChI=1S/C14H16N2O2/c17-14(18)10-5-6-11-12(8-10)16-13(15-11)7-9-3-1-2-4-9/h5-6,8-9H,1-4,7H2,(H,15,16)(H,17,18). The predicted octanol–water partition coefficient (Wildman–Crippen LogP) is 2.99. The monoisotopic (exact) mass is 244 g/mol. The van der Waals surface area contributed by atoms with Crippen molar-refractivity contribution in [3.8, 4) is 0 Å². The van der Waals surface area contributed by atoms with Gasteiger partial charge in [0.25, 0.3) is 0 Å². The second-order valence-corrected chi connectivity index (χ2v) is 5.08. The number of carboxylic acid groups (broad SMARTS) is 1. The molecule has 1 aromatic carbocycles. The number of carbonyl (C=O) groups is 1. The molecule has 1 aliphatic rings. The molecule has 0 amide bonds. The second kappa shape index (κ2) is 4.44. The van der Waals surface area contributed by atoms with E-state index < -0.39 is 5.97 Å². The summed E-state index contributed by atoms with van der Waals surface area (Å²) in [6.07, 6.45) is 6.22. The Morgan fingerprint density at radius 1 is 1.39 bits per heavy atom. The molecule has 1 aromatic heterocycles. The molecule has 1 aliphatic carbocycles. The lowest BCUT2D eigenvalue weighted by Crippen LogP contribution is -2.00. The largest absolute Gasteiger partial charge is 0.478 e. The maximum absolute atomic E-state index is 10.9. The third-order valence-electron chi connectivity index (χ3n) is 3.73. The van der Waals surface area contributed by atoms with Crippen molar-refractivity contribution in [3.63, 3.8) is 0 Å². The Balaban J connectivity index is 1.87. The molecular weight excluding hydrogens is 228 g/mol. The zero-order valence-electron chi connectivity index (χ0n) is 10.1. The molecule has 1 heterocycles. The van der Waals surface area contributed by atoms with E-state index in [9.17, 15) is 4.79 Å². The summed E-state index contributed by atoms with van der Waals surface area (Å²) in [4.78, 5) is 18.7. The molecule has 18 heavy (non-hydrogen) atoms. The molecule has 4 heteroatoms. The molecule has 2 N–H and O–H groups in total. The van der Waals surface area contributed by atoms with Crippen LogP contribution in [0.15, 0.2) is 18.2 Å². The van der Waals surface area contributed by atoms with Crippen LogP contribution in [0.4, 0.5) is 0 Å². The van der Waals surface area contributed by atoms with E-state index in [-0.39, 0.29) is 0 Å². The van der Waals surface area contributed by atoms with Gasteiger partial charge in [-0.15, -0.1) is 0 Å². The van der Waals surface area contributed by atoms with Crippen LogP contribution >= 0.6 is 0 Å². The van der Waals surface area contributed by atoms with Gasteiger partial charge in [-0.3, -0.25) is 0 Å². The molecule has 1 saturated carbocycles. The highest BCUT2D eigenvalue weighted by molar-refractivity contribution is 5.92. The van der Waals surface area contributed by atoms with E-state index in [4.69, 9.17) is 5.11 Å². The van der Waals surface area contributed by atoms with Gasteiger partial charge >= 0.3 is 5.97 Å². The molecule has 3 rings (SSSR count). The van der Waals surface area contributed by atoms with Crippen LogP contribution < -0.4 is 0 Å². The highest BCUT2D eigenvalue weighted by Gasteiger charge is 2.17. The zero-order valence-corrected chi connectivity index (χ0v) is 10.1. The summed E-state index contributed by atoms with van der Waals surface area (Å²) in [6, 6.07) is 5.03. The van der Waals surface area contributed by atoms with Crippen molar-refractivity contribution in [2.75, 3.05) is 0 Å². The Hall–Kier alpha value is -1.84. The van der Waals surface area contributed by atoms with Crippen LogP contribution in [0.3, 0.4) is 0 Å². The quantitative estimate of drug-likeness (QED) is 0.872. The van der Waals surface area contributed by atoms with Crippen molar-refractivity contribution in [1.82, 2.24) is 9.97 Å².